The average Bonchev–Trinajstić information content (AvgIpc) is 3.20. The molecule has 1 aromatic carbocycles. The average molecular weight is 391 g/mol. The molecule has 0 aliphatic heterocycles. The van der Waals surface area contributed by atoms with E-state index in [-0.39, 0.29) is 0 Å². The van der Waals surface area contributed by atoms with Gasteiger partial charge in [0.2, 0.25) is 0 Å². The molecule has 2 N–H and O–H groups in total. The van der Waals surface area contributed by atoms with Crippen LogP contribution < -0.4 is 5.32 Å². The first-order valence-electron chi connectivity index (χ1n) is 7.92. The molecule has 6 nitrogen and oxygen atoms in total. The first-order chi connectivity index (χ1) is 12.2. The van der Waals surface area contributed by atoms with E-state index in [2.05, 4.69) is 37.2 Å². The Morgan fingerprint density at radius 3 is 3.04 bits per heavy atom. The monoisotopic (exact) mass is 390 g/mol. The van der Waals surface area contributed by atoms with Gasteiger partial charge in [0.25, 0.3) is 0 Å². The van der Waals surface area contributed by atoms with E-state index in [1.807, 2.05) is 18.2 Å². The molecule has 128 valence electrons. The van der Waals surface area contributed by atoms with Crippen molar-refractivity contribution in [3.05, 3.63) is 29.5 Å². The minimum Gasteiger partial charge on any atom is -0.368 e. The van der Waals surface area contributed by atoms with Crippen LogP contribution >= 0.6 is 34.7 Å². The van der Waals surface area contributed by atoms with Gasteiger partial charge in [0.05, 0.1) is 9.72 Å². The van der Waals surface area contributed by atoms with Crippen molar-refractivity contribution in [2.45, 2.75) is 29.3 Å². The number of para-hydroxylation sites is 1. The van der Waals surface area contributed by atoms with E-state index >= 15 is 0 Å². The summed E-state index contributed by atoms with van der Waals surface area (Å²) in [7, 11) is 0. The fraction of sp³-hybridized carbons (Fsp3) is 0.250. The second-order valence-corrected chi connectivity index (χ2v) is 8.09. The molecule has 3 heterocycles. The minimum absolute atomic E-state index is 0.649. The summed E-state index contributed by atoms with van der Waals surface area (Å²) in [5, 5.41) is 4.74. The molecule has 0 aliphatic carbocycles. The van der Waals surface area contributed by atoms with E-state index in [0.29, 0.717) is 10.7 Å². The van der Waals surface area contributed by atoms with Crippen LogP contribution in [0.2, 0.25) is 5.02 Å². The van der Waals surface area contributed by atoms with Crippen LogP contribution in [0.25, 0.3) is 21.4 Å². The van der Waals surface area contributed by atoms with Gasteiger partial charge in [-0.15, -0.1) is 11.3 Å². The number of aromatic amines is 1. The van der Waals surface area contributed by atoms with E-state index in [1.54, 1.807) is 11.3 Å². The summed E-state index contributed by atoms with van der Waals surface area (Å²) in [5.41, 5.74) is 2.30. The lowest BCUT2D eigenvalue weighted by Gasteiger charge is -2.03. The zero-order valence-electron chi connectivity index (χ0n) is 13.4. The summed E-state index contributed by atoms with van der Waals surface area (Å²) in [6, 6.07) is 5.80. The number of aromatic nitrogens is 5. The third-order valence-corrected chi connectivity index (χ3v) is 5.90. The molecule has 0 radical (unpaired) electrons. The summed E-state index contributed by atoms with van der Waals surface area (Å²) in [6.45, 7) is 3.03. The highest BCUT2D eigenvalue weighted by atomic mass is 35.5. The molecule has 3 aromatic heterocycles. The number of hydrogen-bond donors (Lipinski definition) is 2. The minimum atomic E-state index is 0.649. The van der Waals surface area contributed by atoms with E-state index in [0.717, 1.165) is 50.4 Å². The van der Waals surface area contributed by atoms with Crippen molar-refractivity contribution in [2.24, 2.45) is 0 Å². The van der Waals surface area contributed by atoms with Gasteiger partial charge in [-0.3, -0.25) is 0 Å². The highest BCUT2D eigenvalue weighted by molar-refractivity contribution is 8.01. The number of halogens is 1. The molecule has 25 heavy (non-hydrogen) atoms. The second-order valence-electron chi connectivity index (χ2n) is 5.41. The van der Waals surface area contributed by atoms with Crippen molar-refractivity contribution < 1.29 is 0 Å². The number of anilines is 1. The third kappa shape index (κ3) is 3.42. The number of nitrogens with one attached hydrogen (secondary N) is 2. The number of hydrogen-bond acceptors (Lipinski definition) is 7. The Bertz CT molecular complexity index is 1030. The summed E-state index contributed by atoms with van der Waals surface area (Å²) in [5.74, 6) is 0.783. The summed E-state index contributed by atoms with van der Waals surface area (Å²) in [4.78, 5) is 21.0. The first kappa shape index (κ1) is 16.6. The van der Waals surface area contributed by atoms with E-state index in [9.17, 15) is 0 Å². The van der Waals surface area contributed by atoms with Crippen molar-refractivity contribution in [1.29, 1.82) is 0 Å². The van der Waals surface area contributed by atoms with Gasteiger partial charge in [-0.1, -0.05) is 31.0 Å². The van der Waals surface area contributed by atoms with Crippen LogP contribution in [0.4, 0.5) is 5.82 Å². The highest BCUT2D eigenvalue weighted by Gasteiger charge is 2.13. The molecule has 0 spiro atoms. The first-order valence-corrected chi connectivity index (χ1v) is 9.93. The second kappa shape index (κ2) is 7.15. The van der Waals surface area contributed by atoms with E-state index < -0.39 is 0 Å². The molecule has 0 saturated heterocycles. The van der Waals surface area contributed by atoms with Gasteiger partial charge in [-0.05, 0) is 30.3 Å². The van der Waals surface area contributed by atoms with E-state index in [4.69, 9.17) is 11.6 Å². The summed E-state index contributed by atoms with van der Waals surface area (Å²) >= 11 is 9.27. The van der Waals surface area contributed by atoms with Crippen LogP contribution in [0, 0.1) is 0 Å². The zero-order chi connectivity index (χ0) is 17.2. The normalized spacial score (nSPS) is 11.4. The maximum atomic E-state index is 6.20. The lowest BCUT2D eigenvalue weighted by atomic mass is 10.3. The number of unbranched alkanes of at least 4 members (excludes halogenated alkanes) is 1. The molecule has 0 saturated carbocycles. The molecule has 0 bridgehead atoms. The van der Waals surface area contributed by atoms with Crippen LogP contribution in [0.5, 0.6) is 0 Å². The lowest BCUT2D eigenvalue weighted by Crippen LogP contribution is -2.03. The van der Waals surface area contributed by atoms with Crippen molar-refractivity contribution in [2.75, 3.05) is 11.9 Å². The van der Waals surface area contributed by atoms with Crippen molar-refractivity contribution in [3.8, 4) is 0 Å². The topological polar surface area (TPSA) is 79.4 Å². The molecule has 9 heteroatoms. The fourth-order valence-electron chi connectivity index (χ4n) is 2.39. The number of rotatable bonds is 6. The maximum Gasteiger partial charge on any atom is 0.183 e. The largest absolute Gasteiger partial charge is 0.368 e. The SMILES string of the molecule is CCCCNc1ncnc2nc(Sc3nc4c(Cl)cccc4s3)[nH]c12. The Balaban J connectivity index is 1.62. The molecular formula is C16H15ClN6S2. The lowest BCUT2D eigenvalue weighted by molar-refractivity contribution is 0.831. The maximum absolute atomic E-state index is 6.20. The Kier molecular flexibility index (Phi) is 4.74. The highest BCUT2D eigenvalue weighted by Crippen LogP contribution is 2.36. The molecule has 0 unspecified atom stereocenters. The quantitative estimate of drug-likeness (QED) is 0.452. The van der Waals surface area contributed by atoms with Gasteiger partial charge in [-0.2, -0.15) is 0 Å². The molecular weight excluding hydrogens is 376 g/mol. The van der Waals surface area contributed by atoms with Crippen LogP contribution in [-0.2, 0) is 0 Å². The number of imidazole rings is 1. The summed E-state index contributed by atoms with van der Waals surface area (Å²) in [6.07, 6.45) is 3.75. The Morgan fingerprint density at radius 2 is 2.20 bits per heavy atom. The van der Waals surface area contributed by atoms with Crippen molar-refractivity contribution >= 4 is 61.9 Å². The molecule has 4 rings (SSSR count). The molecule has 0 aliphatic rings. The predicted molar refractivity (Wildman–Crippen MR) is 104 cm³/mol. The molecule has 4 aromatic rings. The number of fused-ring (bicyclic) bond motifs is 2. The third-order valence-electron chi connectivity index (χ3n) is 3.62. The van der Waals surface area contributed by atoms with Gasteiger partial charge in [0.1, 0.15) is 17.4 Å². The smallest absolute Gasteiger partial charge is 0.183 e. The van der Waals surface area contributed by atoms with Gasteiger partial charge in [0.15, 0.2) is 21.0 Å². The number of benzene rings is 1. The Hall–Kier alpha value is -1.90. The number of H-pyrrole nitrogens is 1. The number of thiazole rings is 1. The molecule has 0 amide bonds. The van der Waals surface area contributed by atoms with Crippen LogP contribution in [0.3, 0.4) is 0 Å². The predicted octanol–water partition coefficient (Wildman–Crippen LogP) is 4.98. The van der Waals surface area contributed by atoms with Crippen LogP contribution in [0.15, 0.2) is 34.0 Å². The molecule has 0 fully saturated rings. The standard InChI is InChI=1S/C16H15ClN6S2/c1-2-3-7-18-13-12-14(20-8-19-13)23-15(21-12)25-16-22-11-9(17)5-4-6-10(11)24-16/h4-6,8H,2-3,7H2,1H3,(H2,18,19,20,21,23). The fourth-order valence-corrected chi connectivity index (χ4v) is 4.65. The van der Waals surface area contributed by atoms with Gasteiger partial charge in [0, 0.05) is 6.54 Å². The number of nitrogens with zero attached hydrogens (tertiary/aromatic N) is 4. The van der Waals surface area contributed by atoms with Crippen LogP contribution in [-0.4, -0.2) is 31.5 Å². The van der Waals surface area contributed by atoms with Gasteiger partial charge >= 0.3 is 0 Å². The van der Waals surface area contributed by atoms with Crippen molar-refractivity contribution in [1.82, 2.24) is 24.9 Å². The summed E-state index contributed by atoms with van der Waals surface area (Å²) < 4.78 is 1.95. The Morgan fingerprint density at radius 1 is 1.28 bits per heavy atom. The van der Waals surface area contributed by atoms with Crippen molar-refractivity contribution in [3.63, 3.8) is 0 Å². The van der Waals surface area contributed by atoms with Gasteiger partial charge < -0.3 is 10.3 Å². The van der Waals surface area contributed by atoms with Crippen LogP contribution in [0.1, 0.15) is 19.8 Å². The van der Waals surface area contributed by atoms with E-state index in [1.165, 1.54) is 18.1 Å². The molecule has 0 atom stereocenters. The Labute approximate surface area is 157 Å². The zero-order valence-corrected chi connectivity index (χ0v) is 15.8. The van der Waals surface area contributed by atoms with Gasteiger partial charge in [-0.25, -0.2) is 19.9 Å².